The van der Waals surface area contributed by atoms with Crippen molar-refractivity contribution >= 4 is 28.3 Å². The van der Waals surface area contributed by atoms with E-state index >= 15 is 0 Å². The first-order chi connectivity index (χ1) is 12.5. The van der Waals surface area contributed by atoms with Crippen LogP contribution in [-0.4, -0.2) is 40.5 Å². The maximum absolute atomic E-state index is 13.9. The standard InChI is InChI=1S/C15H13F5N6O/c1-25(2)9-5-10(14(16,17)15(18,19)20)23-12-7(9)3-4-11-22-8(6-26(11)12)13(27)24-21/h3-6H,21H2,1-2H3,(H,24,27). The number of hydrazine groups is 1. The third-order valence-electron chi connectivity index (χ3n) is 3.90. The first-order valence-corrected chi connectivity index (χ1v) is 7.43. The molecule has 3 aromatic heterocycles. The molecule has 0 saturated heterocycles. The van der Waals surface area contributed by atoms with Gasteiger partial charge in [-0.2, -0.15) is 22.0 Å². The van der Waals surface area contributed by atoms with E-state index in [1.165, 1.54) is 31.1 Å². The molecular weight excluding hydrogens is 375 g/mol. The summed E-state index contributed by atoms with van der Waals surface area (Å²) in [5, 5.41) is 0.298. The summed E-state index contributed by atoms with van der Waals surface area (Å²) in [7, 11) is 2.99. The molecule has 0 spiro atoms. The Kier molecular flexibility index (Phi) is 4.18. The zero-order valence-corrected chi connectivity index (χ0v) is 14.0. The molecular formula is C15H13F5N6O. The van der Waals surface area contributed by atoms with Crippen LogP contribution >= 0.6 is 0 Å². The van der Waals surface area contributed by atoms with Gasteiger partial charge in [-0.15, -0.1) is 0 Å². The van der Waals surface area contributed by atoms with E-state index in [-0.39, 0.29) is 22.7 Å². The van der Waals surface area contributed by atoms with Crippen LogP contribution in [0.5, 0.6) is 0 Å². The van der Waals surface area contributed by atoms with Crippen LogP contribution in [0.15, 0.2) is 24.4 Å². The third-order valence-corrected chi connectivity index (χ3v) is 3.90. The van der Waals surface area contributed by atoms with Gasteiger partial charge in [-0.3, -0.25) is 14.6 Å². The van der Waals surface area contributed by atoms with Crippen LogP contribution in [0.1, 0.15) is 16.2 Å². The molecule has 0 unspecified atom stereocenters. The highest BCUT2D eigenvalue weighted by Gasteiger charge is 2.60. The molecule has 0 aromatic carbocycles. The van der Waals surface area contributed by atoms with Crippen molar-refractivity contribution in [3.05, 3.63) is 35.8 Å². The smallest absolute Gasteiger partial charge is 0.377 e. The zero-order chi connectivity index (χ0) is 20.1. The lowest BCUT2D eigenvalue weighted by molar-refractivity contribution is -0.290. The summed E-state index contributed by atoms with van der Waals surface area (Å²) in [6, 6.07) is 3.64. The quantitative estimate of drug-likeness (QED) is 0.311. The molecule has 0 atom stereocenters. The van der Waals surface area contributed by atoms with E-state index in [1.54, 1.807) is 0 Å². The van der Waals surface area contributed by atoms with Gasteiger partial charge < -0.3 is 4.90 Å². The summed E-state index contributed by atoms with van der Waals surface area (Å²) in [4.78, 5) is 20.5. The number of nitrogens with one attached hydrogen (secondary N) is 1. The fraction of sp³-hybridized carbons (Fsp3) is 0.267. The summed E-state index contributed by atoms with van der Waals surface area (Å²) < 4.78 is 67.5. The number of nitrogens with zero attached hydrogens (tertiary/aromatic N) is 4. The number of pyridine rings is 2. The maximum atomic E-state index is 13.9. The lowest BCUT2D eigenvalue weighted by Crippen LogP contribution is -2.34. The number of alkyl halides is 5. The number of carbonyl (C=O) groups is 1. The number of aromatic nitrogens is 3. The van der Waals surface area contributed by atoms with E-state index in [9.17, 15) is 26.7 Å². The lowest BCUT2D eigenvalue weighted by atomic mass is 10.1. The minimum Gasteiger partial charge on any atom is -0.377 e. The van der Waals surface area contributed by atoms with Gasteiger partial charge >= 0.3 is 12.1 Å². The Hall–Kier alpha value is -3.02. The molecule has 12 heteroatoms. The first kappa shape index (κ1) is 18.8. The molecule has 0 bridgehead atoms. The molecule has 1 amide bonds. The molecule has 0 fully saturated rings. The first-order valence-electron chi connectivity index (χ1n) is 7.43. The van der Waals surface area contributed by atoms with Crippen molar-refractivity contribution in [1.82, 2.24) is 19.8 Å². The Morgan fingerprint density at radius 3 is 2.41 bits per heavy atom. The summed E-state index contributed by atoms with van der Waals surface area (Å²) in [6.07, 6.45) is -4.66. The second-order valence-corrected chi connectivity index (χ2v) is 5.89. The average Bonchev–Trinajstić information content (AvgIpc) is 3.03. The number of rotatable bonds is 3. The van der Waals surface area contributed by atoms with E-state index in [0.29, 0.717) is 11.5 Å². The minimum atomic E-state index is -5.81. The predicted molar refractivity (Wildman–Crippen MR) is 86.4 cm³/mol. The number of carbonyl (C=O) groups excluding carboxylic acids is 1. The molecule has 3 aromatic rings. The van der Waals surface area contributed by atoms with Crippen LogP contribution < -0.4 is 16.2 Å². The molecule has 3 N–H and O–H groups in total. The van der Waals surface area contributed by atoms with Gasteiger partial charge in [0.15, 0.2) is 0 Å². The van der Waals surface area contributed by atoms with Crippen LogP contribution in [0.3, 0.4) is 0 Å². The SMILES string of the molecule is CN(C)c1cc(C(F)(F)C(F)(F)F)nc2c1ccc1nc(C(=O)NN)cn12. The Bertz CT molecular complexity index is 1040. The van der Waals surface area contributed by atoms with E-state index < -0.39 is 23.7 Å². The number of fused-ring (bicyclic) bond motifs is 3. The highest BCUT2D eigenvalue weighted by atomic mass is 19.4. The van der Waals surface area contributed by atoms with Crippen LogP contribution in [-0.2, 0) is 5.92 Å². The predicted octanol–water partition coefficient (Wildman–Crippen LogP) is 2.21. The summed E-state index contributed by atoms with van der Waals surface area (Å²) in [5.74, 6) is -0.878. The lowest BCUT2D eigenvalue weighted by Gasteiger charge is -2.22. The van der Waals surface area contributed by atoms with Crippen molar-refractivity contribution in [3.63, 3.8) is 0 Å². The number of hydrogen-bond acceptors (Lipinski definition) is 5. The molecule has 3 heterocycles. The largest absolute Gasteiger partial charge is 0.459 e. The van der Waals surface area contributed by atoms with Crippen molar-refractivity contribution in [2.24, 2.45) is 5.84 Å². The molecule has 27 heavy (non-hydrogen) atoms. The summed E-state index contributed by atoms with van der Waals surface area (Å²) >= 11 is 0. The van der Waals surface area contributed by atoms with Crippen LogP contribution in [0.2, 0.25) is 0 Å². The molecule has 0 saturated carbocycles. The monoisotopic (exact) mass is 388 g/mol. The molecule has 7 nitrogen and oxygen atoms in total. The molecule has 3 rings (SSSR count). The van der Waals surface area contributed by atoms with Crippen molar-refractivity contribution in [2.75, 3.05) is 19.0 Å². The van der Waals surface area contributed by atoms with Gasteiger partial charge in [0.25, 0.3) is 5.91 Å². The van der Waals surface area contributed by atoms with E-state index in [0.717, 1.165) is 10.6 Å². The van der Waals surface area contributed by atoms with Gasteiger partial charge in [-0.25, -0.2) is 15.8 Å². The van der Waals surface area contributed by atoms with E-state index in [4.69, 9.17) is 5.84 Å². The van der Waals surface area contributed by atoms with Crippen molar-refractivity contribution in [2.45, 2.75) is 12.1 Å². The van der Waals surface area contributed by atoms with Crippen molar-refractivity contribution in [3.8, 4) is 0 Å². The highest BCUT2D eigenvalue weighted by Crippen LogP contribution is 2.44. The van der Waals surface area contributed by atoms with Crippen LogP contribution in [0.25, 0.3) is 16.7 Å². The number of imidazole rings is 1. The Balaban J connectivity index is 2.39. The molecule has 144 valence electrons. The van der Waals surface area contributed by atoms with Crippen LogP contribution in [0, 0.1) is 0 Å². The number of nitrogen functional groups attached to an aromatic ring is 1. The zero-order valence-electron chi connectivity index (χ0n) is 14.0. The van der Waals surface area contributed by atoms with Crippen molar-refractivity contribution < 1.29 is 26.7 Å². The summed E-state index contributed by atoms with van der Waals surface area (Å²) in [5.41, 5.74) is 0.275. The second-order valence-electron chi connectivity index (χ2n) is 5.89. The maximum Gasteiger partial charge on any atom is 0.459 e. The minimum absolute atomic E-state index is 0.0966. The fourth-order valence-corrected chi connectivity index (χ4v) is 2.57. The summed E-state index contributed by atoms with van der Waals surface area (Å²) in [6.45, 7) is 0. The van der Waals surface area contributed by atoms with Gasteiger partial charge in [0.2, 0.25) is 0 Å². The molecule has 0 aliphatic carbocycles. The van der Waals surface area contributed by atoms with E-state index in [1.807, 2.05) is 5.43 Å². The fourth-order valence-electron chi connectivity index (χ4n) is 2.57. The second kappa shape index (κ2) is 6.01. The van der Waals surface area contributed by atoms with Crippen LogP contribution in [0.4, 0.5) is 27.6 Å². The van der Waals surface area contributed by atoms with Crippen molar-refractivity contribution in [1.29, 1.82) is 0 Å². The Morgan fingerprint density at radius 1 is 1.19 bits per heavy atom. The van der Waals surface area contributed by atoms with Gasteiger partial charge in [-0.1, -0.05) is 0 Å². The third kappa shape index (κ3) is 2.91. The highest BCUT2D eigenvalue weighted by molar-refractivity contribution is 5.95. The normalized spacial score (nSPS) is 12.6. The molecule has 0 radical (unpaired) electrons. The Labute approximate surface area is 148 Å². The molecule has 0 aliphatic rings. The van der Waals surface area contributed by atoms with Gasteiger partial charge in [0.1, 0.15) is 22.7 Å². The number of hydrogen-bond donors (Lipinski definition) is 2. The van der Waals surface area contributed by atoms with Gasteiger partial charge in [0.05, 0.1) is 0 Å². The van der Waals surface area contributed by atoms with E-state index in [2.05, 4.69) is 9.97 Å². The number of amides is 1. The van der Waals surface area contributed by atoms with Gasteiger partial charge in [-0.05, 0) is 18.2 Å². The number of halogens is 5. The molecule has 0 aliphatic heterocycles. The number of nitrogens with two attached hydrogens (primary N) is 1. The Morgan fingerprint density at radius 2 is 1.85 bits per heavy atom. The average molecular weight is 388 g/mol. The van der Waals surface area contributed by atoms with Gasteiger partial charge in [0, 0.05) is 31.4 Å². The topological polar surface area (TPSA) is 88.5 Å². The number of anilines is 1.